The van der Waals surface area contributed by atoms with Crippen molar-refractivity contribution < 1.29 is 19.4 Å². The summed E-state index contributed by atoms with van der Waals surface area (Å²) in [6, 6.07) is 0. The van der Waals surface area contributed by atoms with Gasteiger partial charge in [-0.25, -0.2) is 0 Å². The SMILES string of the molecule is COCC(C)CC(=O)NC(C)(C)C(C)(C)C(=O)O. The molecule has 0 saturated carbocycles. The Labute approximate surface area is 109 Å². The van der Waals surface area contributed by atoms with E-state index in [2.05, 4.69) is 5.32 Å². The second-order valence-corrected chi connectivity index (χ2v) is 5.87. The van der Waals surface area contributed by atoms with Gasteiger partial charge < -0.3 is 15.2 Å². The molecule has 0 aliphatic heterocycles. The summed E-state index contributed by atoms with van der Waals surface area (Å²) in [6.07, 6.45) is 0.326. The zero-order valence-electron chi connectivity index (χ0n) is 12.2. The van der Waals surface area contributed by atoms with Crippen molar-refractivity contribution in [2.45, 2.75) is 46.6 Å². The van der Waals surface area contributed by atoms with Gasteiger partial charge in [0.25, 0.3) is 0 Å². The maximum Gasteiger partial charge on any atom is 0.311 e. The fourth-order valence-electron chi connectivity index (χ4n) is 1.48. The van der Waals surface area contributed by atoms with Crippen molar-refractivity contribution in [2.24, 2.45) is 11.3 Å². The monoisotopic (exact) mass is 259 g/mol. The van der Waals surface area contributed by atoms with Crippen molar-refractivity contribution in [1.82, 2.24) is 5.32 Å². The average molecular weight is 259 g/mol. The summed E-state index contributed by atoms with van der Waals surface area (Å²) in [6.45, 7) is 9.08. The highest BCUT2D eigenvalue weighted by Crippen LogP contribution is 2.30. The number of rotatable bonds is 7. The van der Waals surface area contributed by atoms with Gasteiger partial charge in [0.2, 0.25) is 5.91 Å². The van der Waals surface area contributed by atoms with Crippen molar-refractivity contribution in [3.05, 3.63) is 0 Å². The Hall–Kier alpha value is -1.10. The Kier molecular flexibility index (Phi) is 5.80. The van der Waals surface area contributed by atoms with Crippen LogP contribution in [0.4, 0.5) is 0 Å². The van der Waals surface area contributed by atoms with Crippen LogP contribution >= 0.6 is 0 Å². The standard InChI is InChI=1S/C13H25NO4/c1-9(8-18-6)7-10(15)14-13(4,5)12(2,3)11(16)17/h9H,7-8H2,1-6H3,(H,14,15)(H,16,17). The van der Waals surface area contributed by atoms with Gasteiger partial charge in [0.15, 0.2) is 0 Å². The van der Waals surface area contributed by atoms with Crippen LogP contribution in [0.25, 0.3) is 0 Å². The van der Waals surface area contributed by atoms with Gasteiger partial charge in [-0.05, 0) is 33.6 Å². The summed E-state index contributed by atoms with van der Waals surface area (Å²) in [5.74, 6) is -0.977. The summed E-state index contributed by atoms with van der Waals surface area (Å²) in [5.41, 5.74) is -1.85. The Morgan fingerprint density at radius 3 is 2.17 bits per heavy atom. The van der Waals surface area contributed by atoms with E-state index in [1.165, 1.54) is 0 Å². The van der Waals surface area contributed by atoms with Gasteiger partial charge in [-0.3, -0.25) is 9.59 Å². The van der Waals surface area contributed by atoms with E-state index in [9.17, 15) is 14.7 Å². The first-order valence-electron chi connectivity index (χ1n) is 6.08. The lowest BCUT2D eigenvalue weighted by atomic mass is 9.74. The van der Waals surface area contributed by atoms with Crippen LogP contribution in [-0.2, 0) is 14.3 Å². The lowest BCUT2D eigenvalue weighted by molar-refractivity contribution is -0.151. The largest absolute Gasteiger partial charge is 0.481 e. The van der Waals surface area contributed by atoms with E-state index in [0.717, 1.165) is 0 Å². The van der Waals surface area contributed by atoms with Crippen molar-refractivity contribution in [3.63, 3.8) is 0 Å². The molecule has 1 atom stereocenters. The van der Waals surface area contributed by atoms with Gasteiger partial charge >= 0.3 is 5.97 Å². The molecule has 0 spiro atoms. The van der Waals surface area contributed by atoms with E-state index in [0.29, 0.717) is 13.0 Å². The molecule has 0 rings (SSSR count). The molecule has 1 amide bonds. The second-order valence-electron chi connectivity index (χ2n) is 5.87. The zero-order valence-corrected chi connectivity index (χ0v) is 12.2. The number of carbonyl (C=O) groups excluding carboxylic acids is 1. The Bertz CT molecular complexity index is 310. The molecule has 1 unspecified atom stereocenters. The third-order valence-corrected chi connectivity index (χ3v) is 3.53. The number of carbonyl (C=O) groups is 2. The summed E-state index contributed by atoms with van der Waals surface area (Å²) >= 11 is 0. The van der Waals surface area contributed by atoms with Crippen molar-refractivity contribution in [2.75, 3.05) is 13.7 Å². The van der Waals surface area contributed by atoms with Crippen LogP contribution in [0.3, 0.4) is 0 Å². The Balaban J connectivity index is 4.59. The number of carboxylic acids is 1. The number of hydrogen-bond donors (Lipinski definition) is 2. The third kappa shape index (κ3) is 4.29. The van der Waals surface area contributed by atoms with Crippen molar-refractivity contribution in [1.29, 1.82) is 0 Å². The van der Waals surface area contributed by atoms with E-state index >= 15 is 0 Å². The molecule has 0 aromatic carbocycles. The topological polar surface area (TPSA) is 75.6 Å². The highest BCUT2D eigenvalue weighted by Gasteiger charge is 2.44. The fraction of sp³-hybridized carbons (Fsp3) is 0.846. The van der Waals surface area contributed by atoms with E-state index in [-0.39, 0.29) is 11.8 Å². The third-order valence-electron chi connectivity index (χ3n) is 3.53. The molecular formula is C13H25NO4. The molecule has 5 heteroatoms. The number of amides is 1. The molecule has 0 saturated heterocycles. The molecule has 18 heavy (non-hydrogen) atoms. The van der Waals surface area contributed by atoms with Gasteiger partial charge in [-0.2, -0.15) is 0 Å². The van der Waals surface area contributed by atoms with Gasteiger partial charge in [-0.15, -0.1) is 0 Å². The molecule has 0 heterocycles. The summed E-state index contributed by atoms with van der Waals surface area (Å²) in [4.78, 5) is 23.1. The van der Waals surface area contributed by atoms with Crippen molar-refractivity contribution in [3.8, 4) is 0 Å². The molecule has 0 bridgehead atoms. The number of aliphatic carboxylic acids is 1. The van der Waals surface area contributed by atoms with Crippen LogP contribution < -0.4 is 5.32 Å². The van der Waals surface area contributed by atoms with Gasteiger partial charge in [0.05, 0.1) is 5.41 Å². The van der Waals surface area contributed by atoms with Crippen LogP contribution in [-0.4, -0.2) is 36.2 Å². The molecule has 0 fully saturated rings. The number of ether oxygens (including phenoxy) is 1. The number of nitrogens with one attached hydrogen (secondary N) is 1. The highest BCUT2D eigenvalue weighted by atomic mass is 16.5. The quantitative estimate of drug-likeness (QED) is 0.729. The predicted molar refractivity (Wildman–Crippen MR) is 69.3 cm³/mol. The molecule has 0 aromatic rings. The molecule has 0 aliphatic carbocycles. The maximum atomic E-state index is 11.9. The normalized spacial score (nSPS) is 14.1. The highest BCUT2D eigenvalue weighted by molar-refractivity contribution is 5.80. The first kappa shape index (κ1) is 16.9. The molecule has 2 N–H and O–H groups in total. The summed E-state index contributed by atoms with van der Waals surface area (Å²) < 4.78 is 4.97. The van der Waals surface area contributed by atoms with E-state index in [1.807, 2.05) is 6.92 Å². The maximum absolute atomic E-state index is 11.9. The van der Waals surface area contributed by atoms with Crippen LogP contribution in [0.5, 0.6) is 0 Å². The summed E-state index contributed by atoms with van der Waals surface area (Å²) in [7, 11) is 1.59. The number of hydrogen-bond acceptors (Lipinski definition) is 3. The van der Waals surface area contributed by atoms with Crippen molar-refractivity contribution >= 4 is 11.9 Å². The fourth-order valence-corrected chi connectivity index (χ4v) is 1.48. The second kappa shape index (κ2) is 6.18. The first-order valence-corrected chi connectivity index (χ1v) is 6.08. The first-order chi connectivity index (χ1) is 8.04. The number of carboxylic acid groups (broad SMARTS) is 1. The van der Waals surface area contributed by atoms with E-state index in [4.69, 9.17) is 4.74 Å². The van der Waals surface area contributed by atoms with Crippen LogP contribution in [0.1, 0.15) is 41.0 Å². The lowest BCUT2D eigenvalue weighted by Gasteiger charge is -2.39. The lowest BCUT2D eigenvalue weighted by Crippen LogP contribution is -2.57. The van der Waals surface area contributed by atoms with E-state index < -0.39 is 16.9 Å². The Morgan fingerprint density at radius 2 is 1.78 bits per heavy atom. The molecule has 0 aromatic heterocycles. The molecule has 0 aliphatic rings. The average Bonchev–Trinajstić information content (AvgIpc) is 2.15. The molecule has 106 valence electrons. The molecular weight excluding hydrogens is 234 g/mol. The van der Waals surface area contributed by atoms with Crippen LogP contribution in [0, 0.1) is 11.3 Å². The van der Waals surface area contributed by atoms with Crippen LogP contribution in [0.15, 0.2) is 0 Å². The minimum absolute atomic E-state index is 0.110. The van der Waals surface area contributed by atoms with Gasteiger partial charge in [0, 0.05) is 25.7 Å². The summed E-state index contributed by atoms with van der Waals surface area (Å²) in [5, 5.41) is 12.0. The Morgan fingerprint density at radius 1 is 1.28 bits per heavy atom. The molecule has 5 nitrogen and oxygen atoms in total. The smallest absolute Gasteiger partial charge is 0.311 e. The zero-order chi connectivity index (χ0) is 14.6. The van der Waals surface area contributed by atoms with Gasteiger partial charge in [0.1, 0.15) is 0 Å². The van der Waals surface area contributed by atoms with E-state index in [1.54, 1.807) is 34.8 Å². The molecule has 0 radical (unpaired) electrons. The van der Waals surface area contributed by atoms with Crippen LogP contribution in [0.2, 0.25) is 0 Å². The van der Waals surface area contributed by atoms with Gasteiger partial charge in [-0.1, -0.05) is 6.92 Å². The predicted octanol–water partition coefficient (Wildman–Crippen LogP) is 1.66. The number of methoxy groups -OCH3 is 1. The minimum atomic E-state index is -1.03. The minimum Gasteiger partial charge on any atom is -0.481 e.